The van der Waals surface area contributed by atoms with Gasteiger partial charge in [0.15, 0.2) is 0 Å². The van der Waals surface area contributed by atoms with Crippen LogP contribution in [0.1, 0.15) is 22.3 Å². The molecule has 0 radical (unpaired) electrons. The summed E-state index contributed by atoms with van der Waals surface area (Å²) in [5.41, 5.74) is 5.65. The first-order chi connectivity index (χ1) is 48.1. The fourth-order valence-corrected chi connectivity index (χ4v) is 11.8. The molecule has 5 heterocycles. The molecule has 100 heavy (non-hydrogen) atoms. The number of rotatable bonds is 32. The van der Waals surface area contributed by atoms with Gasteiger partial charge in [-0.1, -0.05) is 72.8 Å². The molecule has 0 unspecified atom stereocenters. The second-order valence-electron chi connectivity index (χ2n) is 24.3. The maximum atomic E-state index is 13.8. The third-order valence-corrected chi connectivity index (χ3v) is 17.1. The van der Waals surface area contributed by atoms with Crippen molar-refractivity contribution in [1.82, 2.24) is 82.1 Å². The van der Waals surface area contributed by atoms with E-state index < -0.39 is 121 Å². The molecule has 1 fully saturated rings. The van der Waals surface area contributed by atoms with Crippen LogP contribution < -0.4 is 42.5 Å². The zero-order chi connectivity index (χ0) is 71.2. The van der Waals surface area contributed by atoms with Crippen LogP contribution in [0, 0.1) is 0 Å². The molecule has 32 nitrogen and oxygen atoms in total. The molecular formula is C68H80N16O16. The Balaban J connectivity index is 0.876. The van der Waals surface area contributed by atoms with E-state index in [9.17, 15) is 78.0 Å². The summed E-state index contributed by atoms with van der Waals surface area (Å²) in [7, 11) is 0. The Morgan fingerprint density at radius 2 is 0.490 bits per heavy atom. The number of nitrogens with one attached hydrogen (secondary N) is 12. The lowest BCUT2D eigenvalue weighted by Gasteiger charge is -2.33. The number of hydrogen-bond acceptors (Lipinski definition) is 16. The molecule has 0 saturated carbocycles. The van der Waals surface area contributed by atoms with E-state index in [0.717, 1.165) is 43.6 Å². The Bertz CT molecular complexity index is 3720. The van der Waals surface area contributed by atoms with E-state index in [1.165, 1.54) is 0 Å². The van der Waals surface area contributed by atoms with E-state index in [-0.39, 0.29) is 104 Å². The Morgan fingerprint density at radius 1 is 0.300 bits per heavy atom. The molecule has 16 N–H and O–H groups in total. The second kappa shape index (κ2) is 35.2. The van der Waals surface area contributed by atoms with Crippen LogP contribution in [0.5, 0.6) is 0 Å². The number of carboxylic acid groups (broad SMARTS) is 4. The number of carboxylic acids is 4. The number of benzene rings is 4. The van der Waals surface area contributed by atoms with Crippen LogP contribution >= 0.6 is 0 Å². The van der Waals surface area contributed by atoms with Gasteiger partial charge in [-0.2, -0.15) is 0 Å². The minimum atomic E-state index is -1.36. The highest BCUT2D eigenvalue weighted by atomic mass is 16.4. The van der Waals surface area contributed by atoms with E-state index in [0.29, 0.717) is 22.3 Å². The van der Waals surface area contributed by atoms with Crippen LogP contribution in [-0.4, -0.2) is 260 Å². The highest BCUT2D eigenvalue weighted by Gasteiger charge is 2.29. The molecule has 4 aromatic heterocycles. The number of carbonyl (C=O) groups is 12. The number of carbonyl (C=O) groups excluding carboxylic acids is 8. The summed E-state index contributed by atoms with van der Waals surface area (Å²) in [6.07, 6.45) is 6.34. The third kappa shape index (κ3) is 21.3. The average Bonchev–Trinajstić information content (AvgIpc) is 1.70. The summed E-state index contributed by atoms with van der Waals surface area (Å²) >= 11 is 0. The topological polar surface area (TPSA) is 458 Å². The predicted octanol–water partition coefficient (Wildman–Crippen LogP) is -1.15. The molecule has 528 valence electrons. The number of nitrogens with zero attached hydrogens (tertiary/aromatic N) is 4. The molecule has 8 amide bonds. The van der Waals surface area contributed by atoms with Crippen molar-refractivity contribution < 1.29 is 78.0 Å². The van der Waals surface area contributed by atoms with Crippen molar-refractivity contribution in [3.05, 3.63) is 144 Å². The molecule has 4 atom stereocenters. The van der Waals surface area contributed by atoms with Gasteiger partial charge in [0.2, 0.25) is 47.3 Å². The van der Waals surface area contributed by atoms with E-state index in [1.807, 2.05) is 72.8 Å². The normalized spacial score (nSPS) is 14.9. The number of aromatic nitrogens is 4. The molecule has 32 heteroatoms. The summed E-state index contributed by atoms with van der Waals surface area (Å²) in [6.45, 7) is -3.66. The number of hydrogen-bond donors (Lipinski definition) is 16. The minimum absolute atomic E-state index is 0.0317. The van der Waals surface area contributed by atoms with Gasteiger partial charge in [0.25, 0.3) is 0 Å². The van der Waals surface area contributed by atoms with Crippen LogP contribution in [-0.2, 0) is 83.2 Å². The number of aliphatic carboxylic acids is 4. The fraction of sp³-hybridized carbons (Fsp3) is 0.353. The van der Waals surface area contributed by atoms with Gasteiger partial charge in [0.05, 0.1) is 52.4 Å². The van der Waals surface area contributed by atoms with E-state index >= 15 is 0 Å². The number of para-hydroxylation sites is 4. The first kappa shape index (κ1) is 72.8. The predicted molar refractivity (Wildman–Crippen MR) is 364 cm³/mol. The first-order valence-corrected chi connectivity index (χ1v) is 32.4. The third-order valence-electron chi connectivity index (χ3n) is 17.1. The lowest BCUT2D eigenvalue weighted by molar-refractivity contribution is -0.142. The summed E-state index contributed by atoms with van der Waals surface area (Å²) < 4.78 is 0. The maximum Gasteiger partial charge on any atom is 0.326 e. The zero-order valence-corrected chi connectivity index (χ0v) is 54.5. The highest BCUT2D eigenvalue weighted by Crippen LogP contribution is 2.23. The first-order valence-electron chi connectivity index (χ1n) is 32.4. The Hall–Kier alpha value is -11.5. The molecule has 0 aliphatic carbocycles. The van der Waals surface area contributed by atoms with Crippen molar-refractivity contribution in [3.63, 3.8) is 0 Å². The van der Waals surface area contributed by atoms with Crippen molar-refractivity contribution in [1.29, 1.82) is 0 Å². The quantitative estimate of drug-likeness (QED) is 0.0237. The van der Waals surface area contributed by atoms with Crippen LogP contribution in [0.15, 0.2) is 122 Å². The van der Waals surface area contributed by atoms with Crippen LogP contribution in [0.25, 0.3) is 43.6 Å². The fourth-order valence-electron chi connectivity index (χ4n) is 11.8. The Labute approximate surface area is 571 Å². The van der Waals surface area contributed by atoms with Gasteiger partial charge in [-0.15, -0.1) is 0 Å². The monoisotopic (exact) mass is 1380 g/mol. The average molecular weight is 1380 g/mol. The molecule has 1 aliphatic rings. The van der Waals surface area contributed by atoms with Crippen molar-refractivity contribution >= 4 is 115 Å². The summed E-state index contributed by atoms with van der Waals surface area (Å²) in [4.78, 5) is 177. The van der Waals surface area contributed by atoms with Gasteiger partial charge < -0.3 is 82.9 Å². The second-order valence-corrected chi connectivity index (χ2v) is 24.3. The standard InChI is InChI=1S/C68H80N16O16/c85-57(77-53(65(93)94)25-41-29-69-49-13-5-1-9-45(41)49)33-73-61(89)37-81-17-19-82(38-62(90)74-34-58(86)78-54(66(95)96)26-42-30-70-50-14-6-2-10-46(42)50)21-23-84(40-64(92)76-36-60(88)80-56(68(99)100)28-44-32-72-52-16-8-4-12-48(44)52)24-22-83(20-18-81)39-63(91)75-35-59(87)79-55(67(97)98)27-43-31-71-51-15-7-3-11-47(43)51/h1-16,29-32,53-56,69-72H,17-28,33-40H2,(H,73,89)(H,74,90)(H,75,91)(H,76,92)(H,77,85)(H,78,86)(H,79,87)(H,80,88)(H,93,94)(H,95,96)(H,97,98)(H,99,100)/t53-,54-,55-,56-/m0/s1. The van der Waals surface area contributed by atoms with Crippen LogP contribution in [0.4, 0.5) is 0 Å². The molecule has 0 bridgehead atoms. The highest BCUT2D eigenvalue weighted by molar-refractivity contribution is 5.94. The van der Waals surface area contributed by atoms with Crippen molar-refractivity contribution in [2.45, 2.75) is 49.9 Å². The van der Waals surface area contributed by atoms with Gasteiger partial charge in [0.1, 0.15) is 24.2 Å². The smallest absolute Gasteiger partial charge is 0.326 e. The molecule has 4 aromatic carbocycles. The van der Waals surface area contributed by atoms with Crippen LogP contribution in [0.2, 0.25) is 0 Å². The van der Waals surface area contributed by atoms with Crippen molar-refractivity contribution in [3.8, 4) is 0 Å². The van der Waals surface area contributed by atoms with Crippen molar-refractivity contribution in [2.75, 3.05) is 105 Å². The van der Waals surface area contributed by atoms with Gasteiger partial charge >= 0.3 is 23.9 Å². The van der Waals surface area contributed by atoms with Gasteiger partial charge in [-0.25, -0.2) is 19.2 Å². The zero-order valence-electron chi connectivity index (χ0n) is 54.5. The molecule has 1 saturated heterocycles. The Morgan fingerprint density at radius 3 is 0.680 bits per heavy atom. The van der Waals surface area contributed by atoms with Crippen molar-refractivity contribution in [2.24, 2.45) is 0 Å². The summed E-state index contributed by atoms with van der Waals surface area (Å²) in [5, 5.41) is 63.5. The summed E-state index contributed by atoms with van der Waals surface area (Å²) in [5.74, 6) is -11.1. The number of amides is 8. The SMILES string of the molecule is O=C(CN1CCN(CC(=O)NCC(=O)N[C@@H](Cc2c[nH]c3ccccc23)C(=O)O)CCN(CC(=O)NCC(=O)N[C@@H](Cc2c[nH]c3ccccc23)C(=O)O)CCN(CC(=O)NCC(=O)N[C@@H](Cc2c[nH]c3ccccc23)C(=O)O)CC1)NCC(=O)N[C@@H](Cc1c[nH]c2ccccc12)C(=O)O. The maximum absolute atomic E-state index is 13.8. The van der Waals surface area contributed by atoms with Gasteiger partial charge in [-0.3, -0.25) is 58.0 Å². The molecule has 1 aliphatic heterocycles. The summed E-state index contributed by atoms with van der Waals surface area (Å²) in [6, 6.07) is 23.5. The van der Waals surface area contributed by atoms with Gasteiger partial charge in [0, 0.05) is 146 Å². The van der Waals surface area contributed by atoms with E-state index in [1.54, 1.807) is 68.7 Å². The molecule has 8 aromatic rings. The molecular weight excluding hydrogens is 1300 g/mol. The Kier molecular flexibility index (Phi) is 25.6. The van der Waals surface area contributed by atoms with Crippen LogP contribution in [0.3, 0.4) is 0 Å². The minimum Gasteiger partial charge on any atom is -0.480 e. The molecule has 9 rings (SSSR count). The number of H-pyrrole nitrogens is 4. The number of aromatic amines is 4. The van der Waals surface area contributed by atoms with E-state index in [2.05, 4.69) is 62.5 Å². The lowest BCUT2D eigenvalue weighted by Crippen LogP contribution is -2.53. The van der Waals surface area contributed by atoms with E-state index in [4.69, 9.17) is 0 Å². The van der Waals surface area contributed by atoms with Gasteiger partial charge in [-0.05, 0) is 46.5 Å². The largest absolute Gasteiger partial charge is 0.480 e. The lowest BCUT2D eigenvalue weighted by atomic mass is 10.1. The molecule has 0 spiro atoms. The number of fused-ring (bicyclic) bond motifs is 4.